The van der Waals surface area contributed by atoms with Crippen molar-refractivity contribution in [2.75, 3.05) is 7.05 Å². The Bertz CT molecular complexity index is 329. The van der Waals surface area contributed by atoms with Crippen LogP contribution in [0.25, 0.3) is 0 Å². The lowest BCUT2D eigenvalue weighted by molar-refractivity contribution is 0.583. The van der Waals surface area contributed by atoms with Crippen molar-refractivity contribution < 1.29 is 0 Å². The lowest BCUT2D eigenvalue weighted by Gasteiger charge is -2.11. The first kappa shape index (κ1) is 11.3. The zero-order chi connectivity index (χ0) is 10.7. The molecule has 0 bridgehead atoms. The van der Waals surface area contributed by atoms with Crippen molar-refractivity contribution >= 4 is 23.4 Å². The normalized spacial score (nSPS) is 25.7. The van der Waals surface area contributed by atoms with Gasteiger partial charge < -0.3 is 5.32 Å². The molecule has 0 aliphatic heterocycles. The van der Waals surface area contributed by atoms with Gasteiger partial charge in [-0.3, -0.25) is 0 Å². The Morgan fingerprint density at radius 2 is 2.13 bits per heavy atom. The van der Waals surface area contributed by atoms with Crippen molar-refractivity contribution in [3.05, 3.63) is 29.3 Å². The van der Waals surface area contributed by atoms with Gasteiger partial charge in [0, 0.05) is 16.2 Å². The molecule has 82 valence electrons. The highest BCUT2D eigenvalue weighted by Crippen LogP contribution is 2.37. The van der Waals surface area contributed by atoms with E-state index in [0.717, 1.165) is 10.3 Å². The maximum absolute atomic E-state index is 6.14. The largest absolute Gasteiger partial charge is 0.317 e. The molecule has 2 unspecified atom stereocenters. The summed E-state index contributed by atoms with van der Waals surface area (Å²) in [6, 6.07) is 8.81. The number of hydrogen-bond acceptors (Lipinski definition) is 2. The molecule has 1 aromatic rings. The molecular weight excluding hydrogens is 226 g/mol. The van der Waals surface area contributed by atoms with E-state index < -0.39 is 0 Å². The molecule has 1 aromatic carbocycles. The van der Waals surface area contributed by atoms with Gasteiger partial charge in [0.2, 0.25) is 0 Å². The number of rotatable bonds is 3. The summed E-state index contributed by atoms with van der Waals surface area (Å²) in [5, 5.41) is 4.96. The van der Waals surface area contributed by atoms with Crippen LogP contribution in [0.2, 0.25) is 5.02 Å². The lowest BCUT2D eigenvalue weighted by atomic mass is 10.3. The average Bonchev–Trinajstić information content (AvgIpc) is 2.69. The number of hydrogen-bond donors (Lipinski definition) is 1. The molecule has 2 rings (SSSR count). The van der Waals surface area contributed by atoms with Crippen molar-refractivity contribution in [1.29, 1.82) is 0 Å². The van der Waals surface area contributed by atoms with Gasteiger partial charge in [-0.15, -0.1) is 11.8 Å². The molecule has 3 heteroatoms. The van der Waals surface area contributed by atoms with Crippen LogP contribution in [0.1, 0.15) is 19.3 Å². The third kappa shape index (κ3) is 2.90. The molecule has 1 fully saturated rings. The monoisotopic (exact) mass is 241 g/mol. The summed E-state index contributed by atoms with van der Waals surface area (Å²) in [4.78, 5) is 1.22. The molecule has 15 heavy (non-hydrogen) atoms. The van der Waals surface area contributed by atoms with E-state index in [1.807, 2.05) is 30.9 Å². The van der Waals surface area contributed by atoms with E-state index in [-0.39, 0.29) is 0 Å². The van der Waals surface area contributed by atoms with E-state index in [9.17, 15) is 0 Å². The Labute approximate surface area is 101 Å². The fraction of sp³-hybridized carbons (Fsp3) is 0.500. The van der Waals surface area contributed by atoms with Crippen LogP contribution in [-0.4, -0.2) is 18.3 Å². The van der Waals surface area contributed by atoms with Crippen LogP contribution in [0.3, 0.4) is 0 Å². The van der Waals surface area contributed by atoms with E-state index in [2.05, 4.69) is 17.4 Å². The van der Waals surface area contributed by atoms with Crippen LogP contribution in [0.5, 0.6) is 0 Å². The van der Waals surface area contributed by atoms with E-state index in [0.29, 0.717) is 6.04 Å². The van der Waals surface area contributed by atoms with Crippen LogP contribution < -0.4 is 5.32 Å². The number of nitrogens with one attached hydrogen (secondary N) is 1. The van der Waals surface area contributed by atoms with Crippen molar-refractivity contribution in [2.45, 2.75) is 35.4 Å². The maximum Gasteiger partial charge on any atom is 0.0541 e. The van der Waals surface area contributed by atoms with Gasteiger partial charge >= 0.3 is 0 Å². The first-order chi connectivity index (χ1) is 7.29. The topological polar surface area (TPSA) is 12.0 Å². The Morgan fingerprint density at radius 1 is 1.33 bits per heavy atom. The van der Waals surface area contributed by atoms with Crippen LogP contribution in [-0.2, 0) is 0 Å². The average molecular weight is 242 g/mol. The van der Waals surface area contributed by atoms with Crippen molar-refractivity contribution in [1.82, 2.24) is 5.32 Å². The number of thioether (sulfide) groups is 1. The van der Waals surface area contributed by atoms with Crippen LogP contribution >= 0.6 is 23.4 Å². The lowest BCUT2D eigenvalue weighted by Crippen LogP contribution is -2.21. The van der Waals surface area contributed by atoms with Crippen molar-refractivity contribution in [3.63, 3.8) is 0 Å². The molecule has 1 nitrogen and oxygen atoms in total. The summed E-state index contributed by atoms with van der Waals surface area (Å²) in [6.45, 7) is 0. The van der Waals surface area contributed by atoms with Gasteiger partial charge in [0.15, 0.2) is 0 Å². The molecule has 0 spiro atoms. The summed E-state index contributed by atoms with van der Waals surface area (Å²) in [5.74, 6) is 0. The fourth-order valence-electron chi connectivity index (χ4n) is 2.03. The first-order valence-corrected chi connectivity index (χ1v) is 6.64. The molecule has 1 aliphatic carbocycles. The second-order valence-electron chi connectivity index (χ2n) is 3.97. The second kappa shape index (κ2) is 5.24. The molecule has 0 radical (unpaired) electrons. The van der Waals surface area contributed by atoms with Gasteiger partial charge in [0.05, 0.1) is 5.02 Å². The minimum absolute atomic E-state index is 0.699. The highest BCUT2D eigenvalue weighted by Gasteiger charge is 2.24. The Hall–Kier alpha value is -0.180. The van der Waals surface area contributed by atoms with Crippen molar-refractivity contribution in [2.24, 2.45) is 0 Å². The minimum Gasteiger partial charge on any atom is -0.317 e. The molecule has 0 heterocycles. The van der Waals surface area contributed by atoms with Crippen LogP contribution in [0.4, 0.5) is 0 Å². The molecule has 1 aliphatic rings. The third-order valence-electron chi connectivity index (χ3n) is 2.92. The van der Waals surface area contributed by atoms with E-state index in [4.69, 9.17) is 11.6 Å². The predicted molar refractivity (Wildman–Crippen MR) is 67.8 cm³/mol. The van der Waals surface area contributed by atoms with Gasteiger partial charge in [-0.25, -0.2) is 0 Å². The molecule has 2 atom stereocenters. The van der Waals surface area contributed by atoms with Gasteiger partial charge in [-0.1, -0.05) is 23.7 Å². The first-order valence-electron chi connectivity index (χ1n) is 5.38. The summed E-state index contributed by atoms with van der Waals surface area (Å²) in [6.07, 6.45) is 3.84. The predicted octanol–water partition coefficient (Wildman–Crippen LogP) is 3.57. The zero-order valence-corrected chi connectivity index (χ0v) is 10.4. The summed E-state index contributed by atoms with van der Waals surface area (Å²) < 4.78 is 0. The van der Waals surface area contributed by atoms with Gasteiger partial charge in [-0.05, 0) is 38.4 Å². The quantitative estimate of drug-likeness (QED) is 0.868. The molecule has 1 saturated carbocycles. The maximum atomic E-state index is 6.14. The number of benzene rings is 1. The smallest absolute Gasteiger partial charge is 0.0541 e. The SMILES string of the molecule is CNC1CCC(Sc2ccccc2Cl)C1. The van der Waals surface area contributed by atoms with Gasteiger partial charge in [0.25, 0.3) is 0 Å². The third-order valence-corrected chi connectivity index (χ3v) is 4.74. The van der Waals surface area contributed by atoms with Gasteiger partial charge in [0.1, 0.15) is 0 Å². The molecule has 0 aromatic heterocycles. The molecule has 1 N–H and O–H groups in total. The Kier molecular flexibility index (Phi) is 3.95. The summed E-state index contributed by atoms with van der Waals surface area (Å²) in [5.41, 5.74) is 0. The van der Waals surface area contributed by atoms with Crippen LogP contribution in [0, 0.1) is 0 Å². The summed E-state index contributed by atoms with van der Waals surface area (Å²) in [7, 11) is 2.05. The summed E-state index contributed by atoms with van der Waals surface area (Å²) >= 11 is 8.06. The molecular formula is C12H16ClNS. The van der Waals surface area contributed by atoms with E-state index in [1.54, 1.807) is 0 Å². The van der Waals surface area contributed by atoms with Crippen molar-refractivity contribution in [3.8, 4) is 0 Å². The van der Waals surface area contributed by atoms with Gasteiger partial charge in [-0.2, -0.15) is 0 Å². The second-order valence-corrected chi connectivity index (χ2v) is 5.72. The molecule has 0 amide bonds. The Morgan fingerprint density at radius 3 is 2.80 bits per heavy atom. The highest BCUT2D eigenvalue weighted by atomic mass is 35.5. The number of halogens is 1. The Balaban J connectivity index is 1.96. The standard InChI is InChI=1S/C12H16ClNS/c1-14-9-6-7-10(8-9)15-12-5-3-2-4-11(12)13/h2-5,9-10,14H,6-8H2,1H3. The molecule has 0 saturated heterocycles. The van der Waals surface area contributed by atoms with Crippen LogP contribution in [0.15, 0.2) is 29.2 Å². The van der Waals surface area contributed by atoms with E-state index in [1.165, 1.54) is 24.2 Å². The minimum atomic E-state index is 0.699. The zero-order valence-electron chi connectivity index (χ0n) is 8.87. The fourth-order valence-corrected chi connectivity index (χ4v) is 3.58. The highest BCUT2D eigenvalue weighted by molar-refractivity contribution is 8.00. The van der Waals surface area contributed by atoms with E-state index >= 15 is 0 Å².